The summed E-state index contributed by atoms with van der Waals surface area (Å²) in [4.78, 5) is 11.4. The Labute approximate surface area is 82.9 Å². The van der Waals surface area contributed by atoms with Crippen LogP contribution in [0, 0.1) is 0 Å². The SMILES string of the molecule is CC(NC(=O)C(C)(C)O)c1ccco1. The third-order valence-corrected chi connectivity index (χ3v) is 1.87. The molecule has 4 heteroatoms. The van der Waals surface area contributed by atoms with Gasteiger partial charge in [0.15, 0.2) is 0 Å². The number of furan rings is 1. The lowest BCUT2D eigenvalue weighted by molar-refractivity contribution is -0.137. The van der Waals surface area contributed by atoms with Crippen molar-refractivity contribution in [3.63, 3.8) is 0 Å². The average Bonchev–Trinajstić information content (AvgIpc) is 2.53. The summed E-state index contributed by atoms with van der Waals surface area (Å²) >= 11 is 0. The smallest absolute Gasteiger partial charge is 0.251 e. The van der Waals surface area contributed by atoms with E-state index in [-0.39, 0.29) is 6.04 Å². The Balaban J connectivity index is 2.58. The van der Waals surface area contributed by atoms with Crippen LogP contribution in [-0.2, 0) is 4.79 Å². The van der Waals surface area contributed by atoms with Gasteiger partial charge in [-0.3, -0.25) is 4.79 Å². The second-order valence-corrected chi connectivity index (χ2v) is 3.77. The Morgan fingerprint density at radius 3 is 2.71 bits per heavy atom. The second kappa shape index (κ2) is 3.84. The van der Waals surface area contributed by atoms with Crippen LogP contribution in [0.4, 0.5) is 0 Å². The molecule has 0 saturated heterocycles. The summed E-state index contributed by atoms with van der Waals surface area (Å²) in [6.45, 7) is 4.68. The fourth-order valence-electron chi connectivity index (χ4n) is 0.982. The monoisotopic (exact) mass is 197 g/mol. The Kier molecular flexibility index (Phi) is 2.96. The largest absolute Gasteiger partial charge is 0.467 e. The molecule has 0 saturated carbocycles. The zero-order valence-corrected chi connectivity index (χ0v) is 8.57. The first-order chi connectivity index (χ1) is 6.41. The summed E-state index contributed by atoms with van der Waals surface area (Å²) in [6.07, 6.45) is 1.54. The molecule has 0 bridgehead atoms. The molecule has 4 nitrogen and oxygen atoms in total. The Morgan fingerprint density at radius 2 is 2.29 bits per heavy atom. The first-order valence-corrected chi connectivity index (χ1v) is 4.48. The number of amides is 1. The van der Waals surface area contributed by atoms with Gasteiger partial charge in [-0.2, -0.15) is 0 Å². The molecular formula is C10H15NO3. The molecule has 1 aromatic heterocycles. The lowest BCUT2D eigenvalue weighted by Gasteiger charge is -2.19. The third-order valence-electron chi connectivity index (χ3n) is 1.87. The van der Waals surface area contributed by atoms with Crippen LogP contribution in [0.1, 0.15) is 32.6 Å². The fourth-order valence-corrected chi connectivity index (χ4v) is 0.982. The number of aliphatic hydroxyl groups is 1. The van der Waals surface area contributed by atoms with E-state index in [1.54, 1.807) is 25.3 Å². The van der Waals surface area contributed by atoms with Gasteiger partial charge < -0.3 is 14.8 Å². The van der Waals surface area contributed by atoms with Gasteiger partial charge in [-0.25, -0.2) is 0 Å². The molecule has 1 unspecified atom stereocenters. The van der Waals surface area contributed by atoms with Crippen LogP contribution in [0.15, 0.2) is 22.8 Å². The number of rotatable bonds is 3. The zero-order chi connectivity index (χ0) is 10.8. The van der Waals surface area contributed by atoms with Crippen molar-refractivity contribution in [3.05, 3.63) is 24.2 Å². The molecule has 14 heavy (non-hydrogen) atoms. The molecule has 78 valence electrons. The highest BCUT2D eigenvalue weighted by atomic mass is 16.3. The van der Waals surface area contributed by atoms with Gasteiger partial charge in [0.1, 0.15) is 11.4 Å². The van der Waals surface area contributed by atoms with Crippen molar-refractivity contribution in [1.29, 1.82) is 0 Å². The molecule has 2 N–H and O–H groups in total. The van der Waals surface area contributed by atoms with Crippen molar-refractivity contribution in [2.75, 3.05) is 0 Å². The molecule has 1 heterocycles. The first kappa shape index (κ1) is 10.8. The van der Waals surface area contributed by atoms with Gasteiger partial charge in [0.2, 0.25) is 0 Å². The molecule has 0 aliphatic rings. The molecule has 0 aromatic carbocycles. The number of carbonyl (C=O) groups is 1. The molecule has 1 rings (SSSR count). The Bertz CT molecular complexity index is 298. The number of hydrogen-bond donors (Lipinski definition) is 2. The maximum atomic E-state index is 11.4. The van der Waals surface area contributed by atoms with E-state index >= 15 is 0 Å². The molecule has 0 fully saturated rings. The maximum Gasteiger partial charge on any atom is 0.251 e. The van der Waals surface area contributed by atoms with E-state index < -0.39 is 11.5 Å². The first-order valence-electron chi connectivity index (χ1n) is 4.48. The standard InChI is InChI=1S/C10H15NO3/c1-7(8-5-4-6-14-8)11-9(12)10(2,3)13/h4-7,13H,1-3H3,(H,11,12). The maximum absolute atomic E-state index is 11.4. The van der Waals surface area contributed by atoms with Crippen LogP contribution in [-0.4, -0.2) is 16.6 Å². The van der Waals surface area contributed by atoms with Gasteiger partial charge in [0.25, 0.3) is 5.91 Å². The van der Waals surface area contributed by atoms with Crippen molar-refractivity contribution >= 4 is 5.91 Å². The molecule has 1 amide bonds. The average molecular weight is 197 g/mol. The van der Waals surface area contributed by atoms with E-state index in [2.05, 4.69) is 5.32 Å². The lowest BCUT2D eigenvalue weighted by Crippen LogP contribution is -2.42. The highest BCUT2D eigenvalue weighted by Crippen LogP contribution is 2.13. The van der Waals surface area contributed by atoms with Crippen LogP contribution in [0.25, 0.3) is 0 Å². The minimum absolute atomic E-state index is 0.232. The summed E-state index contributed by atoms with van der Waals surface area (Å²) in [5.74, 6) is 0.254. The van der Waals surface area contributed by atoms with Crippen LogP contribution in [0.2, 0.25) is 0 Å². The van der Waals surface area contributed by atoms with E-state index in [1.807, 2.05) is 0 Å². The van der Waals surface area contributed by atoms with Gasteiger partial charge in [-0.05, 0) is 32.9 Å². The summed E-state index contributed by atoms with van der Waals surface area (Å²) in [6, 6.07) is 3.29. The molecule has 1 aromatic rings. The predicted molar refractivity (Wildman–Crippen MR) is 51.6 cm³/mol. The number of nitrogens with one attached hydrogen (secondary N) is 1. The van der Waals surface area contributed by atoms with E-state index in [4.69, 9.17) is 4.42 Å². The minimum atomic E-state index is -1.36. The van der Waals surface area contributed by atoms with Crippen molar-refractivity contribution < 1.29 is 14.3 Å². The summed E-state index contributed by atoms with van der Waals surface area (Å²) in [5.41, 5.74) is -1.36. The third kappa shape index (κ3) is 2.60. The van der Waals surface area contributed by atoms with Crippen LogP contribution in [0.5, 0.6) is 0 Å². The summed E-state index contributed by atoms with van der Waals surface area (Å²) < 4.78 is 5.11. The molecule has 0 spiro atoms. The van der Waals surface area contributed by atoms with Crippen molar-refractivity contribution in [1.82, 2.24) is 5.32 Å². The van der Waals surface area contributed by atoms with Gasteiger partial charge in [0.05, 0.1) is 12.3 Å². The topological polar surface area (TPSA) is 62.5 Å². The minimum Gasteiger partial charge on any atom is -0.467 e. The number of carbonyl (C=O) groups excluding carboxylic acids is 1. The van der Waals surface area contributed by atoms with Crippen molar-refractivity contribution in [2.45, 2.75) is 32.4 Å². The molecule has 1 atom stereocenters. The highest BCUT2D eigenvalue weighted by molar-refractivity contribution is 5.84. The Morgan fingerprint density at radius 1 is 1.64 bits per heavy atom. The van der Waals surface area contributed by atoms with Crippen molar-refractivity contribution in [3.8, 4) is 0 Å². The lowest BCUT2D eigenvalue weighted by atomic mass is 10.1. The van der Waals surface area contributed by atoms with E-state index in [1.165, 1.54) is 13.8 Å². The number of hydrogen-bond acceptors (Lipinski definition) is 3. The van der Waals surface area contributed by atoms with Crippen LogP contribution < -0.4 is 5.32 Å². The molecule has 0 aliphatic heterocycles. The molecule has 0 radical (unpaired) electrons. The summed E-state index contributed by atoms with van der Waals surface area (Å²) in [5, 5.41) is 12.0. The van der Waals surface area contributed by atoms with Crippen LogP contribution in [0.3, 0.4) is 0 Å². The zero-order valence-electron chi connectivity index (χ0n) is 8.57. The van der Waals surface area contributed by atoms with Gasteiger partial charge in [-0.15, -0.1) is 0 Å². The van der Waals surface area contributed by atoms with E-state index in [9.17, 15) is 9.90 Å². The Hall–Kier alpha value is -1.29. The predicted octanol–water partition coefficient (Wildman–Crippen LogP) is 1.23. The molecular weight excluding hydrogens is 182 g/mol. The quantitative estimate of drug-likeness (QED) is 0.766. The van der Waals surface area contributed by atoms with E-state index in [0.717, 1.165) is 0 Å². The highest BCUT2D eigenvalue weighted by Gasteiger charge is 2.25. The van der Waals surface area contributed by atoms with Gasteiger partial charge >= 0.3 is 0 Å². The van der Waals surface area contributed by atoms with Crippen LogP contribution >= 0.6 is 0 Å². The summed E-state index contributed by atoms with van der Waals surface area (Å²) in [7, 11) is 0. The molecule has 0 aliphatic carbocycles. The van der Waals surface area contributed by atoms with Gasteiger partial charge in [0, 0.05) is 0 Å². The fraction of sp³-hybridized carbons (Fsp3) is 0.500. The van der Waals surface area contributed by atoms with E-state index in [0.29, 0.717) is 5.76 Å². The van der Waals surface area contributed by atoms with Crippen molar-refractivity contribution in [2.24, 2.45) is 0 Å². The second-order valence-electron chi connectivity index (χ2n) is 3.77. The van der Waals surface area contributed by atoms with Gasteiger partial charge in [-0.1, -0.05) is 0 Å². The normalized spacial score (nSPS) is 13.7.